The van der Waals surface area contributed by atoms with Crippen molar-refractivity contribution in [2.24, 2.45) is 0 Å². The van der Waals surface area contributed by atoms with Crippen LogP contribution in [-0.4, -0.2) is 31.1 Å². The van der Waals surface area contributed by atoms with Gasteiger partial charge in [0.05, 0.1) is 0 Å². The first kappa shape index (κ1) is 13.8. The van der Waals surface area contributed by atoms with Crippen LogP contribution in [0.4, 0.5) is 0 Å². The average molecular weight is 309 g/mol. The fourth-order valence-corrected chi connectivity index (χ4v) is 3.28. The third-order valence-electron chi connectivity index (χ3n) is 3.50. The number of nitrogens with zero attached hydrogens (tertiary/aromatic N) is 1. The van der Waals surface area contributed by atoms with Gasteiger partial charge in [-0.3, -0.25) is 4.90 Å². The molecule has 2 rings (SSSR count). The molecule has 0 amide bonds. The molecular formula is C15H21BrN2. The maximum Gasteiger partial charge on any atom is 0.0394 e. The fourth-order valence-electron chi connectivity index (χ4n) is 2.53. The van der Waals surface area contributed by atoms with Gasteiger partial charge in [-0.1, -0.05) is 34.1 Å². The highest BCUT2D eigenvalue weighted by atomic mass is 79.9. The van der Waals surface area contributed by atoms with Gasteiger partial charge in [-0.2, -0.15) is 0 Å². The molecule has 1 aliphatic rings. The standard InChI is InChI=1S/C15H21BrN2/c1-3-4-15(18-9-7-17-8-10-18)13-6-5-12(2)11-14(13)16/h3,5-6,11,15,17H,1,4,7-10H2,2H3/t15-/m0/s1. The van der Waals surface area contributed by atoms with E-state index in [1.165, 1.54) is 15.6 Å². The minimum Gasteiger partial charge on any atom is -0.314 e. The Bertz CT molecular complexity index is 411. The quantitative estimate of drug-likeness (QED) is 0.859. The molecule has 0 bridgehead atoms. The lowest BCUT2D eigenvalue weighted by Gasteiger charge is -2.35. The Hall–Kier alpha value is -0.640. The van der Waals surface area contributed by atoms with Gasteiger partial charge >= 0.3 is 0 Å². The summed E-state index contributed by atoms with van der Waals surface area (Å²) in [7, 11) is 0. The Balaban J connectivity index is 2.24. The Kier molecular flexibility index (Phi) is 4.98. The van der Waals surface area contributed by atoms with E-state index in [-0.39, 0.29) is 0 Å². The molecule has 0 aromatic heterocycles. The SMILES string of the molecule is C=CC[C@@H](c1ccc(C)cc1Br)N1CCNCC1. The smallest absolute Gasteiger partial charge is 0.0394 e. The zero-order valence-corrected chi connectivity index (χ0v) is 12.5. The maximum atomic E-state index is 3.91. The number of aryl methyl sites for hydroxylation is 1. The third kappa shape index (κ3) is 3.22. The number of hydrogen-bond donors (Lipinski definition) is 1. The van der Waals surface area contributed by atoms with Crippen molar-refractivity contribution in [3.8, 4) is 0 Å². The van der Waals surface area contributed by atoms with E-state index < -0.39 is 0 Å². The lowest BCUT2D eigenvalue weighted by molar-refractivity contribution is 0.174. The van der Waals surface area contributed by atoms with Gasteiger partial charge in [-0.25, -0.2) is 0 Å². The van der Waals surface area contributed by atoms with Crippen LogP contribution in [0.1, 0.15) is 23.6 Å². The lowest BCUT2D eigenvalue weighted by atomic mass is 10.00. The van der Waals surface area contributed by atoms with Crippen LogP contribution in [-0.2, 0) is 0 Å². The molecule has 2 nitrogen and oxygen atoms in total. The summed E-state index contributed by atoms with van der Waals surface area (Å²) in [5.74, 6) is 0. The molecule has 1 fully saturated rings. The van der Waals surface area contributed by atoms with Crippen molar-refractivity contribution in [3.05, 3.63) is 46.5 Å². The van der Waals surface area contributed by atoms with Crippen molar-refractivity contribution in [3.63, 3.8) is 0 Å². The van der Waals surface area contributed by atoms with Gasteiger partial charge in [0.1, 0.15) is 0 Å². The summed E-state index contributed by atoms with van der Waals surface area (Å²) in [4.78, 5) is 2.55. The van der Waals surface area contributed by atoms with E-state index in [1.807, 2.05) is 6.08 Å². The maximum absolute atomic E-state index is 3.91. The first-order chi connectivity index (χ1) is 8.72. The van der Waals surface area contributed by atoms with Gasteiger partial charge < -0.3 is 5.32 Å². The zero-order valence-electron chi connectivity index (χ0n) is 11.0. The largest absolute Gasteiger partial charge is 0.314 e. The summed E-state index contributed by atoms with van der Waals surface area (Å²) in [5, 5.41) is 3.41. The predicted octanol–water partition coefficient (Wildman–Crippen LogP) is 3.28. The Labute approximate surface area is 118 Å². The van der Waals surface area contributed by atoms with Crippen LogP contribution >= 0.6 is 15.9 Å². The molecule has 1 aliphatic heterocycles. The minimum absolute atomic E-state index is 0.444. The van der Waals surface area contributed by atoms with Crippen molar-refractivity contribution in [1.29, 1.82) is 0 Å². The highest BCUT2D eigenvalue weighted by molar-refractivity contribution is 9.10. The summed E-state index contributed by atoms with van der Waals surface area (Å²) in [6, 6.07) is 7.08. The van der Waals surface area contributed by atoms with Crippen LogP contribution in [0.3, 0.4) is 0 Å². The van der Waals surface area contributed by atoms with Crippen molar-refractivity contribution in [2.75, 3.05) is 26.2 Å². The average Bonchev–Trinajstić information content (AvgIpc) is 2.38. The molecule has 3 heteroatoms. The van der Waals surface area contributed by atoms with E-state index in [9.17, 15) is 0 Å². The second kappa shape index (κ2) is 6.50. The van der Waals surface area contributed by atoms with Crippen LogP contribution < -0.4 is 5.32 Å². The summed E-state index contributed by atoms with van der Waals surface area (Å²) in [6.45, 7) is 10.4. The number of halogens is 1. The molecule has 0 saturated carbocycles. The number of hydrogen-bond acceptors (Lipinski definition) is 2. The molecule has 0 radical (unpaired) electrons. The molecule has 98 valence electrons. The van der Waals surface area contributed by atoms with E-state index in [2.05, 4.69) is 57.8 Å². The topological polar surface area (TPSA) is 15.3 Å². The number of piperazine rings is 1. The Morgan fingerprint density at radius 2 is 2.17 bits per heavy atom. The molecule has 0 aliphatic carbocycles. The molecule has 0 unspecified atom stereocenters. The molecule has 1 atom stereocenters. The van der Waals surface area contributed by atoms with Crippen LogP contribution in [0.2, 0.25) is 0 Å². The summed E-state index contributed by atoms with van der Waals surface area (Å²) in [6.07, 6.45) is 3.03. The van der Waals surface area contributed by atoms with Crippen molar-refractivity contribution in [1.82, 2.24) is 10.2 Å². The van der Waals surface area contributed by atoms with Crippen LogP contribution in [0.5, 0.6) is 0 Å². The van der Waals surface area contributed by atoms with Crippen molar-refractivity contribution in [2.45, 2.75) is 19.4 Å². The molecule has 1 aromatic rings. The predicted molar refractivity (Wildman–Crippen MR) is 80.9 cm³/mol. The van der Waals surface area contributed by atoms with Gasteiger partial charge in [-0.05, 0) is 30.5 Å². The first-order valence-electron chi connectivity index (χ1n) is 6.54. The lowest BCUT2D eigenvalue weighted by Crippen LogP contribution is -2.45. The van der Waals surface area contributed by atoms with Crippen LogP contribution in [0.15, 0.2) is 35.3 Å². The number of rotatable bonds is 4. The number of benzene rings is 1. The number of nitrogens with one attached hydrogen (secondary N) is 1. The summed E-state index contributed by atoms with van der Waals surface area (Å²) >= 11 is 3.71. The van der Waals surface area contributed by atoms with E-state index in [1.54, 1.807) is 0 Å². The normalized spacial score (nSPS) is 18.6. The molecular weight excluding hydrogens is 288 g/mol. The molecule has 1 N–H and O–H groups in total. The van der Waals surface area contributed by atoms with Gasteiger partial charge in [0.25, 0.3) is 0 Å². The van der Waals surface area contributed by atoms with Gasteiger partial charge in [0.2, 0.25) is 0 Å². The first-order valence-corrected chi connectivity index (χ1v) is 7.33. The van der Waals surface area contributed by atoms with Crippen LogP contribution in [0.25, 0.3) is 0 Å². The van der Waals surface area contributed by atoms with Gasteiger partial charge in [0.15, 0.2) is 0 Å². The molecule has 1 saturated heterocycles. The molecule has 0 spiro atoms. The van der Waals surface area contributed by atoms with E-state index in [4.69, 9.17) is 0 Å². The Morgan fingerprint density at radius 1 is 1.44 bits per heavy atom. The zero-order chi connectivity index (χ0) is 13.0. The van der Waals surface area contributed by atoms with E-state index in [0.717, 1.165) is 32.6 Å². The second-order valence-corrected chi connectivity index (χ2v) is 5.71. The Morgan fingerprint density at radius 3 is 2.78 bits per heavy atom. The fraction of sp³-hybridized carbons (Fsp3) is 0.467. The second-order valence-electron chi connectivity index (χ2n) is 4.85. The monoisotopic (exact) mass is 308 g/mol. The summed E-state index contributed by atoms with van der Waals surface area (Å²) in [5.41, 5.74) is 2.67. The third-order valence-corrected chi connectivity index (χ3v) is 4.18. The molecule has 18 heavy (non-hydrogen) atoms. The van der Waals surface area contributed by atoms with E-state index in [0.29, 0.717) is 6.04 Å². The van der Waals surface area contributed by atoms with E-state index >= 15 is 0 Å². The van der Waals surface area contributed by atoms with Crippen LogP contribution in [0, 0.1) is 6.92 Å². The molecule has 1 heterocycles. The minimum atomic E-state index is 0.444. The van der Waals surface area contributed by atoms with Gasteiger partial charge in [-0.15, -0.1) is 6.58 Å². The van der Waals surface area contributed by atoms with Crippen molar-refractivity contribution < 1.29 is 0 Å². The highest BCUT2D eigenvalue weighted by Gasteiger charge is 2.22. The summed E-state index contributed by atoms with van der Waals surface area (Å²) < 4.78 is 1.22. The molecule has 1 aromatic carbocycles. The van der Waals surface area contributed by atoms with Crippen molar-refractivity contribution >= 4 is 15.9 Å². The highest BCUT2D eigenvalue weighted by Crippen LogP contribution is 2.31. The van der Waals surface area contributed by atoms with Gasteiger partial charge in [0, 0.05) is 36.7 Å².